The van der Waals surface area contributed by atoms with Crippen LogP contribution in [0.1, 0.15) is 122 Å². The fourth-order valence-electron chi connectivity index (χ4n) is 3.54. The van der Waals surface area contributed by atoms with Crippen molar-refractivity contribution in [3.05, 3.63) is 0 Å². The Morgan fingerprint density at radius 3 is 1.19 bits per heavy atom. The van der Waals surface area contributed by atoms with Gasteiger partial charge < -0.3 is 19.7 Å². The van der Waals surface area contributed by atoms with Crippen LogP contribution in [0.2, 0.25) is 6.04 Å². The molecule has 0 bridgehead atoms. The molecule has 0 amide bonds. The highest BCUT2D eigenvalue weighted by molar-refractivity contribution is 6.56. The molecule has 0 aromatic rings. The fraction of sp³-hybridized carbons (Fsp3) is 1.00. The summed E-state index contributed by atoms with van der Waals surface area (Å²) in [4.78, 5) is 26.7. The Morgan fingerprint density at radius 2 is 0.815 bits per heavy atom. The van der Waals surface area contributed by atoms with E-state index in [2.05, 4.69) is 12.2 Å². The largest absolute Gasteiger partial charge is 0.492 e. The van der Waals surface area contributed by atoms with Crippen LogP contribution >= 0.6 is 0 Å². The van der Waals surface area contributed by atoms with Crippen molar-refractivity contribution in [3.8, 4) is 0 Å². The van der Waals surface area contributed by atoms with Crippen LogP contribution in [0, 0.1) is 0 Å². The highest BCUT2D eigenvalue weighted by Gasteiger charge is 2.25. The van der Waals surface area contributed by atoms with Crippen molar-refractivity contribution < 1.29 is 14.4 Å². The molecule has 0 spiro atoms. The maximum absolute atomic E-state index is 8.91. The summed E-state index contributed by atoms with van der Waals surface area (Å²) in [7, 11) is -3.80. The van der Waals surface area contributed by atoms with Crippen LogP contribution in [0.5, 0.6) is 0 Å². The van der Waals surface area contributed by atoms with Gasteiger partial charge in [-0.1, -0.05) is 103 Å². The second-order valence-electron chi connectivity index (χ2n) is 8.28. The molecule has 5 heteroatoms. The predicted molar refractivity (Wildman–Crippen MR) is 119 cm³/mol. The van der Waals surface area contributed by atoms with Gasteiger partial charge in [0.15, 0.2) is 0 Å². The van der Waals surface area contributed by atoms with E-state index in [0.29, 0.717) is 6.42 Å². The lowest BCUT2D eigenvalue weighted by Gasteiger charge is -2.09. The molecule has 0 atom stereocenters. The van der Waals surface area contributed by atoms with Gasteiger partial charge in [-0.3, -0.25) is 0 Å². The zero-order valence-electron chi connectivity index (χ0n) is 18.2. The summed E-state index contributed by atoms with van der Waals surface area (Å²) in [6, 6.07) is 0.160. The maximum atomic E-state index is 8.91. The van der Waals surface area contributed by atoms with E-state index in [1.807, 2.05) is 0 Å². The van der Waals surface area contributed by atoms with Gasteiger partial charge in [0.2, 0.25) is 0 Å². The maximum Gasteiger partial charge on any atom is 0.492 e. The van der Waals surface area contributed by atoms with Gasteiger partial charge in [0.05, 0.1) is 0 Å². The minimum atomic E-state index is -3.80. The molecular weight excluding hydrogens is 354 g/mol. The molecule has 0 saturated carbocycles. The van der Waals surface area contributed by atoms with Crippen molar-refractivity contribution >= 4 is 8.80 Å². The average Bonchev–Trinajstić information content (AvgIpc) is 2.62. The molecule has 4 N–H and O–H groups in total. The Labute approximate surface area is 170 Å². The number of unbranched alkanes of at least 4 members (excludes halogenated alkanes) is 16. The first-order chi connectivity index (χ1) is 13.1. The van der Waals surface area contributed by atoms with Crippen LogP contribution in [0.3, 0.4) is 0 Å². The van der Waals surface area contributed by atoms with E-state index in [9.17, 15) is 0 Å². The highest BCUT2D eigenvalue weighted by Crippen LogP contribution is 2.13. The summed E-state index contributed by atoms with van der Waals surface area (Å²) in [5.74, 6) is 0. The van der Waals surface area contributed by atoms with E-state index >= 15 is 0 Å². The molecule has 164 valence electrons. The van der Waals surface area contributed by atoms with Gasteiger partial charge in [-0.25, -0.2) is 0 Å². The fourth-order valence-corrected chi connectivity index (χ4v) is 4.26. The predicted octanol–water partition coefficient (Wildman–Crippen LogP) is 5.53. The Kier molecular flexibility index (Phi) is 20.8. The van der Waals surface area contributed by atoms with Gasteiger partial charge in [0, 0.05) is 6.04 Å². The number of hydrogen-bond acceptors (Lipinski definition) is 4. The summed E-state index contributed by atoms with van der Waals surface area (Å²) in [6.45, 7) is 4.24. The Morgan fingerprint density at radius 1 is 0.481 bits per heavy atom. The number of rotatable bonds is 22. The normalized spacial score (nSPS) is 12.0. The summed E-state index contributed by atoms with van der Waals surface area (Å²) in [5.41, 5.74) is 0. The first-order valence-electron chi connectivity index (χ1n) is 11.9. The summed E-state index contributed by atoms with van der Waals surface area (Å²) in [5, 5.41) is 3.39. The lowest BCUT2D eigenvalue weighted by atomic mass is 10.0. The van der Waals surface area contributed by atoms with Gasteiger partial charge in [-0.15, -0.1) is 0 Å². The van der Waals surface area contributed by atoms with Crippen LogP contribution in [-0.2, 0) is 0 Å². The zero-order valence-corrected chi connectivity index (χ0v) is 19.2. The van der Waals surface area contributed by atoms with E-state index < -0.39 is 8.80 Å². The SMILES string of the molecule is CCCCCCCCCCCCCCCCCCNCCCC[Si](O)(O)O. The summed E-state index contributed by atoms with van der Waals surface area (Å²) < 4.78 is 0. The molecular formula is C22H49NO3Si. The van der Waals surface area contributed by atoms with Crippen molar-refractivity contribution in [2.45, 2.75) is 129 Å². The standard InChI is InChI=1S/C22H49NO3Si/c1-2-3-4-5-6-7-8-9-10-11-12-13-14-15-16-17-20-23-21-18-19-22-27(24,25)26/h23-26H,2-22H2,1H3. The van der Waals surface area contributed by atoms with E-state index in [4.69, 9.17) is 14.4 Å². The average molecular weight is 404 g/mol. The molecule has 0 aliphatic carbocycles. The lowest BCUT2D eigenvalue weighted by molar-refractivity contribution is 0.226. The molecule has 0 aliphatic heterocycles. The number of hydrogen-bond donors (Lipinski definition) is 4. The van der Waals surface area contributed by atoms with Crippen LogP contribution in [0.15, 0.2) is 0 Å². The van der Waals surface area contributed by atoms with Crippen molar-refractivity contribution in [2.75, 3.05) is 13.1 Å². The van der Waals surface area contributed by atoms with Gasteiger partial charge in [0.25, 0.3) is 0 Å². The first-order valence-corrected chi connectivity index (χ1v) is 14.0. The topological polar surface area (TPSA) is 72.7 Å². The molecule has 27 heavy (non-hydrogen) atoms. The Bertz CT molecular complexity index is 285. The lowest BCUT2D eigenvalue weighted by Crippen LogP contribution is -2.34. The second-order valence-corrected chi connectivity index (χ2v) is 10.3. The first kappa shape index (κ1) is 27.1. The third-order valence-electron chi connectivity index (χ3n) is 5.32. The molecule has 0 unspecified atom stereocenters. The Balaban J connectivity index is 3.01. The Hall–Kier alpha value is 0.0569. The van der Waals surface area contributed by atoms with Crippen LogP contribution in [-0.4, -0.2) is 36.3 Å². The van der Waals surface area contributed by atoms with E-state index in [1.165, 1.54) is 103 Å². The molecule has 0 heterocycles. The molecule has 4 nitrogen and oxygen atoms in total. The van der Waals surface area contributed by atoms with Crippen molar-refractivity contribution in [2.24, 2.45) is 0 Å². The minimum Gasteiger partial charge on any atom is -0.390 e. The highest BCUT2D eigenvalue weighted by atomic mass is 28.4. The van der Waals surface area contributed by atoms with Gasteiger partial charge in [0.1, 0.15) is 0 Å². The van der Waals surface area contributed by atoms with Crippen LogP contribution < -0.4 is 5.32 Å². The molecule has 0 aromatic heterocycles. The number of nitrogens with one attached hydrogen (secondary N) is 1. The molecule has 0 radical (unpaired) electrons. The van der Waals surface area contributed by atoms with E-state index in [-0.39, 0.29) is 6.04 Å². The minimum absolute atomic E-state index is 0.160. The summed E-state index contributed by atoms with van der Waals surface area (Å²) >= 11 is 0. The molecule has 0 aliphatic rings. The zero-order chi connectivity index (χ0) is 20.1. The van der Waals surface area contributed by atoms with Gasteiger partial charge in [-0.05, 0) is 32.4 Å². The van der Waals surface area contributed by atoms with E-state index in [1.54, 1.807) is 0 Å². The molecule has 0 saturated heterocycles. The quantitative estimate of drug-likeness (QED) is 0.142. The molecule has 0 fully saturated rings. The van der Waals surface area contributed by atoms with Crippen molar-refractivity contribution in [3.63, 3.8) is 0 Å². The smallest absolute Gasteiger partial charge is 0.390 e. The molecule has 0 rings (SSSR count). The van der Waals surface area contributed by atoms with Gasteiger partial charge in [-0.2, -0.15) is 0 Å². The van der Waals surface area contributed by atoms with E-state index in [0.717, 1.165) is 19.5 Å². The summed E-state index contributed by atoms with van der Waals surface area (Å²) in [6.07, 6.45) is 24.0. The monoisotopic (exact) mass is 403 g/mol. The van der Waals surface area contributed by atoms with Gasteiger partial charge >= 0.3 is 8.80 Å². The second kappa shape index (κ2) is 20.8. The van der Waals surface area contributed by atoms with Crippen LogP contribution in [0.4, 0.5) is 0 Å². The van der Waals surface area contributed by atoms with Crippen molar-refractivity contribution in [1.82, 2.24) is 5.32 Å². The van der Waals surface area contributed by atoms with Crippen LogP contribution in [0.25, 0.3) is 0 Å². The third kappa shape index (κ3) is 26.1. The molecule has 0 aromatic carbocycles. The third-order valence-corrected chi connectivity index (χ3v) is 6.35. The van der Waals surface area contributed by atoms with Crippen molar-refractivity contribution in [1.29, 1.82) is 0 Å².